The van der Waals surface area contributed by atoms with E-state index in [1.807, 2.05) is 36.0 Å². The number of nitrogens with one attached hydrogen (secondary N) is 1. The van der Waals surface area contributed by atoms with Gasteiger partial charge < -0.3 is 19.7 Å². The number of carbonyl (C=O) groups excluding carboxylic acids is 2. The smallest absolute Gasteiger partial charge is 0.229 e. The number of hydrogen-bond acceptors (Lipinski definition) is 6. The van der Waals surface area contributed by atoms with E-state index >= 15 is 0 Å². The van der Waals surface area contributed by atoms with Crippen molar-refractivity contribution in [3.8, 4) is 11.5 Å². The number of nitrogens with zero attached hydrogens (tertiary/aromatic N) is 2. The van der Waals surface area contributed by atoms with Gasteiger partial charge in [-0.3, -0.25) is 14.5 Å². The maximum atomic E-state index is 13.1. The Morgan fingerprint density at radius 1 is 1.09 bits per heavy atom. The molecule has 2 saturated heterocycles. The number of carbonyl (C=O) groups is 2. The van der Waals surface area contributed by atoms with Crippen LogP contribution >= 0.6 is 11.8 Å². The molecule has 170 valence electrons. The van der Waals surface area contributed by atoms with Gasteiger partial charge in [-0.2, -0.15) is 11.8 Å². The molecule has 1 unspecified atom stereocenters. The first-order valence-electron chi connectivity index (χ1n) is 10.8. The molecule has 0 bridgehead atoms. The number of thioether (sulfide) groups is 1. The van der Waals surface area contributed by atoms with Crippen LogP contribution in [0.15, 0.2) is 42.5 Å². The first-order valence-corrected chi connectivity index (χ1v) is 12.0. The summed E-state index contributed by atoms with van der Waals surface area (Å²) in [5, 5.41) is 3.08. The normalized spacial score (nSPS) is 19.1. The van der Waals surface area contributed by atoms with E-state index in [4.69, 9.17) is 9.47 Å². The van der Waals surface area contributed by atoms with E-state index in [0.717, 1.165) is 42.4 Å². The van der Waals surface area contributed by atoms with E-state index in [1.165, 1.54) is 0 Å². The third kappa shape index (κ3) is 5.02. The minimum Gasteiger partial charge on any atom is -0.493 e. The molecule has 2 heterocycles. The first kappa shape index (κ1) is 22.5. The van der Waals surface area contributed by atoms with Crippen molar-refractivity contribution in [3.63, 3.8) is 0 Å². The number of para-hydroxylation sites is 1. The van der Waals surface area contributed by atoms with E-state index in [0.29, 0.717) is 23.7 Å². The van der Waals surface area contributed by atoms with Gasteiger partial charge >= 0.3 is 0 Å². The van der Waals surface area contributed by atoms with Crippen molar-refractivity contribution < 1.29 is 19.1 Å². The van der Waals surface area contributed by atoms with Gasteiger partial charge in [0.2, 0.25) is 11.8 Å². The number of benzene rings is 2. The molecule has 0 saturated carbocycles. The van der Waals surface area contributed by atoms with Crippen LogP contribution in [0.5, 0.6) is 11.5 Å². The Bertz CT molecular complexity index is 977. The van der Waals surface area contributed by atoms with Crippen LogP contribution < -0.4 is 19.7 Å². The Kier molecular flexibility index (Phi) is 7.22. The fraction of sp³-hybridized carbons (Fsp3) is 0.417. The molecule has 0 spiro atoms. The number of methoxy groups -OCH3 is 2. The number of hydrogen-bond donors (Lipinski definition) is 1. The number of amides is 2. The first-order chi connectivity index (χ1) is 15.6. The number of anilines is 2. The second kappa shape index (κ2) is 10.3. The van der Waals surface area contributed by atoms with Crippen LogP contribution in [0.3, 0.4) is 0 Å². The molecule has 2 aliphatic heterocycles. The van der Waals surface area contributed by atoms with Gasteiger partial charge in [0, 0.05) is 61.5 Å². The molecule has 0 radical (unpaired) electrons. The molecule has 2 aromatic carbocycles. The second-order valence-corrected chi connectivity index (χ2v) is 9.20. The lowest BCUT2D eigenvalue weighted by Crippen LogP contribution is -2.32. The summed E-state index contributed by atoms with van der Waals surface area (Å²) >= 11 is 1.98. The quantitative estimate of drug-likeness (QED) is 0.691. The third-order valence-corrected chi connectivity index (χ3v) is 6.89. The van der Waals surface area contributed by atoms with Crippen molar-refractivity contribution in [3.05, 3.63) is 48.0 Å². The number of rotatable bonds is 7. The van der Waals surface area contributed by atoms with E-state index < -0.39 is 5.92 Å². The lowest BCUT2D eigenvalue weighted by atomic mass is 10.1. The lowest BCUT2D eigenvalue weighted by Gasteiger charge is -2.27. The molecular formula is C24H29N3O4S. The molecule has 0 aromatic heterocycles. The summed E-state index contributed by atoms with van der Waals surface area (Å²) < 4.78 is 10.6. The fourth-order valence-corrected chi connectivity index (χ4v) is 5.12. The van der Waals surface area contributed by atoms with E-state index in [2.05, 4.69) is 16.3 Å². The Balaban J connectivity index is 1.43. The maximum absolute atomic E-state index is 13.1. The molecule has 0 aliphatic carbocycles. The van der Waals surface area contributed by atoms with Gasteiger partial charge in [-0.25, -0.2) is 0 Å². The minimum atomic E-state index is -0.407. The fourth-order valence-electron chi connectivity index (χ4n) is 4.14. The molecule has 2 fully saturated rings. The van der Waals surface area contributed by atoms with Gasteiger partial charge in [0.15, 0.2) is 11.5 Å². The standard InChI is InChI=1S/C24H29N3O4S/c1-30-21-8-7-19(14-22(21)31-2)27-16-18(13-23(27)28)24(29)25-20-6-4-3-5-17(20)15-26-9-11-32-12-10-26/h3-8,14,18H,9-13,15-16H2,1-2H3,(H,25,29). The summed E-state index contributed by atoms with van der Waals surface area (Å²) in [4.78, 5) is 29.8. The molecule has 4 rings (SSSR count). The average Bonchev–Trinajstić information content (AvgIpc) is 3.22. The molecule has 2 amide bonds. The summed E-state index contributed by atoms with van der Waals surface area (Å²) in [6.07, 6.45) is 0.186. The van der Waals surface area contributed by atoms with Crippen LogP contribution in [0.2, 0.25) is 0 Å². The van der Waals surface area contributed by atoms with Gasteiger partial charge in [0.25, 0.3) is 0 Å². The largest absolute Gasteiger partial charge is 0.493 e. The highest BCUT2D eigenvalue weighted by molar-refractivity contribution is 7.99. The van der Waals surface area contributed by atoms with Gasteiger partial charge in [0.1, 0.15) is 0 Å². The second-order valence-electron chi connectivity index (χ2n) is 7.98. The monoisotopic (exact) mass is 455 g/mol. The summed E-state index contributed by atoms with van der Waals surface area (Å²) in [6.45, 7) is 3.28. The van der Waals surface area contributed by atoms with Crippen molar-refractivity contribution in [2.75, 3.05) is 55.6 Å². The summed E-state index contributed by atoms with van der Waals surface area (Å²) in [5.41, 5.74) is 2.63. The minimum absolute atomic E-state index is 0.0727. The van der Waals surface area contributed by atoms with E-state index in [9.17, 15) is 9.59 Å². The summed E-state index contributed by atoms with van der Waals surface area (Å²) in [5.74, 6) is 2.83. The molecule has 32 heavy (non-hydrogen) atoms. The zero-order chi connectivity index (χ0) is 22.5. The Morgan fingerprint density at radius 2 is 1.84 bits per heavy atom. The van der Waals surface area contributed by atoms with E-state index in [-0.39, 0.29) is 18.2 Å². The Morgan fingerprint density at radius 3 is 2.59 bits per heavy atom. The van der Waals surface area contributed by atoms with Gasteiger partial charge in [-0.15, -0.1) is 0 Å². The van der Waals surface area contributed by atoms with Crippen LogP contribution in [0.25, 0.3) is 0 Å². The highest BCUT2D eigenvalue weighted by Crippen LogP contribution is 2.34. The Hall–Kier alpha value is -2.71. The van der Waals surface area contributed by atoms with Crippen LogP contribution in [-0.4, -0.2) is 62.1 Å². The molecular weight excluding hydrogens is 426 g/mol. The predicted octanol–water partition coefficient (Wildman–Crippen LogP) is 3.24. The maximum Gasteiger partial charge on any atom is 0.229 e. The Labute approximate surface area is 193 Å². The molecule has 7 nitrogen and oxygen atoms in total. The highest BCUT2D eigenvalue weighted by atomic mass is 32.2. The van der Waals surface area contributed by atoms with Crippen molar-refractivity contribution >= 4 is 35.0 Å². The SMILES string of the molecule is COc1ccc(N2CC(C(=O)Nc3ccccc3CN3CCSCC3)CC2=O)cc1OC. The highest BCUT2D eigenvalue weighted by Gasteiger charge is 2.35. The molecule has 1 atom stereocenters. The topological polar surface area (TPSA) is 71.1 Å². The number of ether oxygens (including phenoxy) is 2. The van der Waals surface area contributed by atoms with Gasteiger partial charge in [-0.1, -0.05) is 18.2 Å². The van der Waals surface area contributed by atoms with Crippen LogP contribution in [0, 0.1) is 5.92 Å². The molecule has 2 aromatic rings. The van der Waals surface area contributed by atoms with Gasteiger partial charge in [-0.05, 0) is 23.8 Å². The van der Waals surface area contributed by atoms with Crippen molar-refractivity contribution in [1.82, 2.24) is 4.90 Å². The summed E-state index contributed by atoms with van der Waals surface area (Å²) in [7, 11) is 3.13. The van der Waals surface area contributed by atoms with Gasteiger partial charge in [0.05, 0.1) is 20.1 Å². The van der Waals surface area contributed by atoms with Crippen LogP contribution in [0.4, 0.5) is 11.4 Å². The third-order valence-electron chi connectivity index (χ3n) is 5.95. The summed E-state index contributed by atoms with van der Waals surface area (Å²) in [6, 6.07) is 13.3. The van der Waals surface area contributed by atoms with Crippen molar-refractivity contribution in [2.45, 2.75) is 13.0 Å². The van der Waals surface area contributed by atoms with Crippen LogP contribution in [0.1, 0.15) is 12.0 Å². The van der Waals surface area contributed by atoms with Crippen molar-refractivity contribution in [1.29, 1.82) is 0 Å². The zero-order valence-electron chi connectivity index (χ0n) is 18.5. The molecule has 2 aliphatic rings. The zero-order valence-corrected chi connectivity index (χ0v) is 19.3. The van der Waals surface area contributed by atoms with E-state index in [1.54, 1.807) is 31.3 Å². The predicted molar refractivity (Wildman–Crippen MR) is 128 cm³/mol. The average molecular weight is 456 g/mol. The van der Waals surface area contributed by atoms with Crippen molar-refractivity contribution in [2.24, 2.45) is 5.92 Å². The lowest BCUT2D eigenvalue weighted by molar-refractivity contribution is -0.122. The molecule has 8 heteroatoms. The van der Waals surface area contributed by atoms with Crippen LogP contribution in [-0.2, 0) is 16.1 Å². The molecule has 1 N–H and O–H groups in total.